The molecule has 5 aromatic rings. The van der Waals surface area contributed by atoms with Gasteiger partial charge in [0.25, 0.3) is 0 Å². The van der Waals surface area contributed by atoms with Gasteiger partial charge in [-0.25, -0.2) is 19.9 Å². The first-order chi connectivity index (χ1) is 22.0. The summed E-state index contributed by atoms with van der Waals surface area (Å²) in [6.07, 6.45) is 8.55. The predicted octanol–water partition coefficient (Wildman–Crippen LogP) is 4.67. The van der Waals surface area contributed by atoms with E-state index in [9.17, 15) is 14.4 Å². The quantitative estimate of drug-likeness (QED) is 0.184. The van der Waals surface area contributed by atoms with Gasteiger partial charge in [-0.3, -0.25) is 19.1 Å². The van der Waals surface area contributed by atoms with Gasteiger partial charge in [0.2, 0.25) is 11.8 Å². The molecular formula is C33H32BrN9O3. The van der Waals surface area contributed by atoms with Gasteiger partial charge in [0.05, 0.1) is 17.5 Å². The summed E-state index contributed by atoms with van der Waals surface area (Å²) >= 11 is 3.38. The number of Topliss-reactive ketones (excluding diaryl/α,β-unsaturated/α-hetero) is 1. The number of benzene rings is 1. The molecule has 1 aliphatic heterocycles. The number of hydrogen-bond acceptors (Lipinski definition) is 8. The molecule has 1 aliphatic carbocycles. The molecule has 0 radical (unpaired) electrons. The second-order valence-corrected chi connectivity index (χ2v) is 13.2. The van der Waals surface area contributed by atoms with Crippen molar-refractivity contribution in [3.05, 3.63) is 82.6 Å². The van der Waals surface area contributed by atoms with E-state index in [0.29, 0.717) is 40.1 Å². The van der Waals surface area contributed by atoms with Crippen molar-refractivity contribution in [2.75, 3.05) is 5.32 Å². The largest absolute Gasteiger partial charge is 0.337 e. The Balaban J connectivity index is 1.20. The zero-order chi connectivity index (χ0) is 32.3. The number of nitrogens with one attached hydrogen (secondary N) is 1. The number of anilines is 1. The Morgan fingerprint density at radius 2 is 1.80 bits per heavy atom. The number of pyridine rings is 1. The summed E-state index contributed by atoms with van der Waals surface area (Å²) in [5, 5.41) is 8.21. The minimum Gasteiger partial charge on any atom is -0.337 e. The van der Waals surface area contributed by atoms with E-state index in [4.69, 9.17) is 0 Å². The molecule has 3 atom stereocenters. The lowest BCUT2D eigenvalue weighted by atomic mass is 9.99. The molecule has 7 rings (SSSR count). The molecule has 2 amide bonds. The number of carbonyl (C=O) groups is 3. The minimum atomic E-state index is -0.696. The second kappa shape index (κ2) is 11.2. The molecule has 2 fully saturated rings. The maximum Gasteiger partial charge on any atom is 0.248 e. The Labute approximate surface area is 273 Å². The third-order valence-corrected chi connectivity index (χ3v) is 9.50. The maximum absolute atomic E-state index is 14.2. The molecule has 4 aromatic heterocycles. The smallest absolute Gasteiger partial charge is 0.248 e. The monoisotopic (exact) mass is 681 g/mol. The van der Waals surface area contributed by atoms with Crippen LogP contribution in [0.4, 0.5) is 5.82 Å². The fourth-order valence-electron chi connectivity index (χ4n) is 6.68. The number of halogens is 1. The number of rotatable bonds is 8. The van der Waals surface area contributed by atoms with Gasteiger partial charge in [0.15, 0.2) is 5.78 Å². The number of aromatic nitrogens is 7. The van der Waals surface area contributed by atoms with Crippen molar-refractivity contribution >= 4 is 50.2 Å². The summed E-state index contributed by atoms with van der Waals surface area (Å²) in [6, 6.07) is 8.52. The molecule has 234 valence electrons. The molecule has 0 bridgehead atoms. The standard InChI is InChI=1S/C33H32BrN9O3/c1-18-5-8-28(34)38-31(18)39-32(46)26-10-33(16-41-14-19(2)37-17-41)11-27(33)43(26)29(45)15-42-25-7-6-22(23-12-35-21(4)36-13-23)9-24(25)30(40-42)20(3)44/h5-9,12-14,17,26-27H,10-11,15-16H2,1-4H3,(H,38,39,46)/t26-,27+,33-/m0/s1. The molecule has 1 saturated heterocycles. The van der Waals surface area contributed by atoms with Crippen molar-refractivity contribution in [1.82, 2.24) is 39.2 Å². The van der Waals surface area contributed by atoms with Crippen molar-refractivity contribution < 1.29 is 14.4 Å². The van der Waals surface area contributed by atoms with Crippen LogP contribution in [0.1, 0.15) is 47.3 Å². The van der Waals surface area contributed by atoms with Gasteiger partial charge in [-0.15, -0.1) is 0 Å². The number of carbonyl (C=O) groups excluding carboxylic acids is 3. The SMILES string of the molecule is CC(=O)c1nn(CC(=O)N2[C@H](C(=O)Nc3nc(Br)ccc3C)C[C@@]3(Cn4cnc(C)c4)C[C@@H]23)c2ccc(-c3cnc(C)nc3)cc12. The highest BCUT2D eigenvalue weighted by Crippen LogP contribution is 2.60. The Bertz CT molecular complexity index is 2040. The number of amides is 2. The van der Waals surface area contributed by atoms with E-state index < -0.39 is 6.04 Å². The number of likely N-dealkylation sites (tertiary alicyclic amines) is 1. The fourth-order valence-corrected chi connectivity index (χ4v) is 6.99. The van der Waals surface area contributed by atoms with E-state index >= 15 is 0 Å². The van der Waals surface area contributed by atoms with Crippen molar-refractivity contribution in [3.8, 4) is 11.1 Å². The zero-order valence-corrected chi connectivity index (χ0v) is 27.4. The first kappa shape index (κ1) is 29.9. The topological polar surface area (TPSA) is 141 Å². The summed E-state index contributed by atoms with van der Waals surface area (Å²) < 4.78 is 4.21. The summed E-state index contributed by atoms with van der Waals surface area (Å²) in [6.45, 7) is 7.63. The highest BCUT2D eigenvalue weighted by molar-refractivity contribution is 9.10. The number of piperidine rings is 1. The van der Waals surface area contributed by atoms with E-state index in [1.54, 1.807) is 28.3 Å². The molecule has 2 aliphatic rings. The van der Waals surface area contributed by atoms with Gasteiger partial charge in [0.1, 0.15) is 34.5 Å². The lowest BCUT2D eigenvalue weighted by molar-refractivity contribution is -0.138. The molecule has 5 heterocycles. The summed E-state index contributed by atoms with van der Waals surface area (Å²) in [4.78, 5) is 59.9. The number of fused-ring (bicyclic) bond motifs is 2. The van der Waals surface area contributed by atoms with Crippen LogP contribution in [0, 0.1) is 26.2 Å². The molecule has 13 heteroatoms. The Morgan fingerprint density at radius 3 is 2.52 bits per heavy atom. The molecule has 12 nitrogen and oxygen atoms in total. The molecule has 0 spiro atoms. The third-order valence-electron chi connectivity index (χ3n) is 9.06. The molecular weight excluding hydrogens is 650 g/mol. The normalized spacial score (nSPS) is 20.2. The van der Waals surface area contributed by atoms with E-state index in [0.717, 1.165) is 28.8 Å². The van der Waals surface area contributed by atoms with Crippen LogP contribution in [-0.4, -0.2) is 68.9 Å². The molecule has 1 aromatic carbocycles. The molecule has 0 unspecified atom stereocenters. The van der Waals surface area contributed by atoms with Gasteiger partial charge in [-0.2, -0.15) is 5.10 Å². The molecule has 1 saturated carbocycles. The Hall–Kier alpha value is -4.78. The lowest BCUT2D eigenvalue weighted by Crippen LogP contribution is -2.47. The Kier molecular flexibility index (Phi) is 7.30. The van der Waals surface area contributed by atoms with Crippen molar-refractivity contribution in [3.63, 3.8) is 0 Å². The van der Waals surface area contributed by atoms with Crippen molar-refractivity contribution in [1.29, 1.82) is 0 Å². The first-order valence-corrected chi connectivity index (χ1v) is 15.8. The van der Waals surface area contributed by atoms with E-state index in [-0.39, 0.29) is 41.3 Å². The summed E-state index contributed by atoms with van der Waals surface area (Å²) in [5.74, 6) is 0.388. The van der Waals surface area contributed by atoms with Gasteiger partial charge in [-0.05, 0) is 78.9 Å². The van der Waals surface area contributed by atoms with Crippen LogP contribution in [0.5, 0.6) is 0 Å². The third kappa shape index (κ3) is 5.38. The van der Waals surface area contributed by atoms with Gasteiger partial charge in [0, 0.05) is 54.5 Å². The highest BCUT2D eigenvalue weighted by Gasteiger charge is 2.67. The van der Waals surface area contributed by atoms with E-state index in [1.165, 1.54) is 6.92 Å². The summed E-state index contributed by atoms with van der Waals surface area (Å²) in [7, 11) is 0. The van der Waals surface area contributed by atoms with Gasteiger partial charge >= 0.3 is 0 Å². The van der Waals surface area contributed by atoms with E-state index in [1.807, 2.05) is 61.9 Å². The maximum atomic E-state index is 14.2. The second-order valence-electron chi connectivity index (χ2n) is 12.4. The van der Waals surface area contributed by atoms with Crippen molar-refractivity contribution in [2.45, 2.75) is 65.7 Å². The summed E-state index contributed by atoms with van der Waals surface area (Å²) in [5.41, 5.74) is 4.07. The number of nitrogens with zero attached hydrogens (tertiary/aromatic N) is 8. The van der Waals surface area contributed by atoms with Crippen LogP contribution in [0.25, 0.3) is 22.0 Å². The van der Waals surface area contributed by atoms with E-state index in [2.05, 4.69) is 46.3 Å². The first-order valence-electron chi connectivity index (χ1n) is 15.1. The highest BCUT2D eigenvalue weighted by atomic mass is 79.9. The van der Waals surface area contributed by atoms with Crippen LogP contribution in [0.2, 0.25) is 0 Å². The average molecular weight is 683 g/mol. The molecule has 46 heavy (non-hydrogen) atoms. The Morgan fingerprint density at radius 1 is 1.02 bits per heavy atom. The van der Waals surface area contributed by atoms with Crippen LogP contribution < -0.4 is 5.32 Å². The van der Waals surface area contributed by atoms with Crippen LogP contribution >= 0.6 is 15.9 Å². The zero-order valence-electron chi connectivity index (χ0n) is 25.9. The number of aryl methyl sites for hydroxylation is 3. The molecule has 1 N–H and O–H groups in total. The number of hydrogen-bond donors (Lipinski definition) is 1. The van der Waals surface area contributed by atoms with Crippen molar-refractivity contribution in [2.24, 2.45) is 5.41 Å². The van der Waals surface area contributed by atoms with Crippen LogP contribution in [0.15, 0.2) is 59.9 Å². The van der Waals surface area contributed by atoms with Gasteiger partial charge < -0.3 is 14.8 Å². The fraction of sp³-hybridized carbons (Fsp3) is 0.333. The lowest BCUT2D eigenvalue weighted by Gasteiger charge is -2.27. The minimum absolute atomic E-state index is 0.114. The number of imidazole rings is 1. The number of ketones is 1. The van der Waals surface area contributed by atoms with Gasteiger partial charge in [-0.1, -0.05) is 12.1 Å². The average Bonchev–Trinajstić information content (AvgIpc) is 3.27. The van der Waals surface area contributed by atoms with Crippen LogP contribution in [-0.2, 0) is 22.7 Å². The van der Waals surface area contributed by atoms with Crippen LogP contribution in [0.3, 0.4) is 0 Å². The predicted molar refractivity (Wildman–Crippen MR) is 174 cm³/mol.